The number of aliphatic hydroxyl groups excluding tert-OH is 1. The van der Waals surface area contributed by atoms with Gasteiger partial charge >= 0.3 is 11.9 Å². The standard InChI is InChI=1S/C42H56N2O11/c1-26-22-32(19-20-45)40(41(50-7)35(54-29(4)46)24-36(48)52-27(2)14-9-8-10-18-34(26)47)55-42-38(49)37(44(5)6)39(28(3)53-42)51-21-13-15-30-23-31-16-11-12-17-33(31)43-25-30/h8-13,16-18,20-21,23,25-28,32,35,37-42,49H,14-15,19,22,24H2,1-7H3/b9-8+,18-10+,21-13+/t26-,27-,28-,32+,35-,37-,38-,39-,40+,41?,42+/m1/s1. The number of ketones is 1. The van der Waals surface area contributed by atoms with E-state index in [0.29, 0.717) is 19.1 Å². The Morgan fingerprint density at radius 1 is 1.09 bits per heavy atom. The molecule has 1 unspecified atom stereocenters. The molecule has 1 aromatic carbocycles. The summed E-state index contributed by atoms with van der Waals surface area (Å²) in [6, 6.07) is 9.34. The molecule has 0 aliphatic carbocycles. The van der Waals surface area contributed by atoms with Gasteiger partial charge in [0.2, 0.25) is 0 Å². The van der Waals surface area contributed by atoms with E-state index in [-0.39, 0.29) is 25.0 Å². The molecule has 1 aromatic heterocycles. The fraction of sp³-hybridized carbons (Fsp3) is 0.548. The first kappa shape index (κ1) is 43.5. The molecule has 3 heterocycles. The Hall–Kier alpha value is -4.27. The third-order valence-electron chi connectivity index (χ3n) is 9.96. The molecule has 0 saturated carbocycles. The molecular weight excluding hydrogens is 708 g/mol. The maximum absolute atomic E-state index is 13.2. The van der Waals surface area contributed by atoms with Crippen molar-refractivity contribution in [1.29, 1.82) is 0 Å². The molecule has 0 amide bonds. The minimum atomic E-state index is -1.28. The predicted octanol–water partition coefficient (Wildman–Crippen LogP) is 4.68. The number of pyridine rings is 1. The number of methoxy groups -OCH3 is 1. The van der Waals surface area contributed by atoms with Crippen LogP contribution in [0.3, 0.4) is 0 Å². The largest absolute Gasteiger partial charge is 0.494 e. The molecule has 11 atom stereocenters. The molecule has 13 heteroatoms. The maximum atomic E-state index is 13.2. The van der Waals surface area contributed by atoms with Crippen molar-refractivity contribution in [1.82, 2.24) is 9.88 Å². The summed E-state index contributed by atoms with van der Waals surface area (Å²) in [6.45, 7) is 6.49. The number of carbonyl (C=O) groups is 4. The lowest BCUT2D eigenvalue weighted by Crippen LogP contribution is -2.64. The number of carbonyl (C=O) groups excluding carboxylic acids is 4. The van der Waals surface area contributed by atoms with Crippen molar-refractivity contribution in [2.45, 2.75) is 115 Å². The zero-order valence-corrected chi connectivity index (χ0v) is 32.8. The molecule has 13 nitrogen and oxygen atoms in total. The lowest BCUT2D eigenvalue weighted by molar-refractivity contribution is -0.310. The number of aliphatic hydroxyl groups is 1. The van der Waals surface area contributed by atoms with Crippen LogP contribution in [0.25, 0.3) is 10.9 Å². The van der Waals surface area contributed by atoms with E-state index in [1.54, 1.807) is 45.3 Å². The SMILES string of the molecule is COC1[C@@H](O[C@@H]2O[C@H](C)[C@@H](O/C=C/Cc3cnc4ccccc4c3)[C@H](N(C)C)[C@H]2O)[C@@H](CC=O)C[C@@H](C)C(=O)/C=C/C=C/C[C@@H](C)OC(=O)C[C@H]1OC(C)=O. The Morgan fingerprint density at radius 2 is 1.85 bits per heavy atom. The van der Waals surface area contributed by atoms with Gasteiger partial charge in [-0.25, -0.2) is 0 Å². The number of benzene rings is 1. The molecule has 0 bridgehead atoms. The number of hydrogen-bond acceptors (Lipinski definition) is 13. The molecule has 1 N–H and O–H groups in total. The highest BCUT2D eigenvalue weighted by Gasteiger charge is 2.49. The number of aldehydes is 1. The van der Waals surface area contributed by atoms with E-state index in [1.165, 1.54) is 20.1 Å². The fourth-order valence-electron chi connectivity index (χ4n) is 7.22. The van der Waals surface area contributed by atoms with E-state index in [1.807, 2.05) is 55.5 Å². The number of rotatable bonds is 11. The van der Waals surface area contributed by atoms with Crippen LogP contribution in [0, 0.1) is 11.8 Å². The summed E-state index contributed by atoms with van der Waals surface area (Å²) >= 11 is 0. The molecule has 1 fully saturated rings. The van der Waals surface area contributed by atoms with Crippen molar-refractivity contribution in [3.8, 4) is 0 Å². The van der Waals surface area contributed by atoms with Gasteiger partial charge < -0.3 is 43.2 Å². The normalized spacial score (nSPS) is 32.6. The first-order chi connectivity index (χ1) is 26.3. The molecule has 1 saturated heterocycles. The van der Waals surface area contributed by atoms with Crippen LogP contribution in [0.4, 0.5) is 0 Å². The number of nitrogens with zero attached hydrogens (tertiary/aromatic N) is 2. The number of aromatic nitrogens is 1. The number of para-hydroxylation sites is 1. The predicted molar refractivity (Wildman–Crippen MR) is 205 cm³/mol. The average molecular weight is 765 g/mol. The highest BCUT2D eigenvalue weighted by molar-refractivity contribution is 5.91. The zero-order valence-electron chi connectivity index (χ0n) is 32.8. The van der Waals surface area contributed by atoms with Crippen molar-refractivity contribution >= 4 is 34.9 Å². The first-order valence-electron chi connectivity index (χ1n) is 18.8. The van der Waals surface area contributed by atoms with E-state index in [2.05, 4.69) is 11.1 Å². The van der Waals surface area contributed by atoms with Crippen molar-refractivity contribution < 1.29 is 52.7 Å². The Labute approximate surface area is 323 Å². The lowest BCUT2D eigenvalue weighted by atomic mass is 9.83. The van der Waals surface area contributed by atoms with Gasteiger partial charge in [0, 0.05) is 44.4 Å². The minimum absolute atomic E-state index is 0.0707. The third kappa shape index (κ3) is 12.4. The van der Waals surface area contributed by atoms with Crippen LogP contribution < -0.4 is 0 Å². The van der Waals surface area contributed by atoms with Gasteiger partial charge in [0.05, 0.1) is 36.4 Å². The second-order valence-corrected chi connectivity index (χ2v) is 14.5. The topological polar surface area (TPSA) is 160 Å². The van der Waals surface area contributed by atoms with Gasteiger partial charge in [-0.1, -0.05) is 43.4 Å². The highest BCUT2D eigenvalue weighted by Crippen LogP contribution is 2.34. The molecule has 0 radical (unpaired) electrons. The average Bonchev–Trinajstić information content (AvgIpc) is 3.13. The Bertz CT molecular complexity index is 1680. The van der Waals surface area contributed by atoms with E-state index < -0.39 is 78.8 Å². The minimum Gasteiger partial charge on any atom is -0.494 e. The summed E-state index contributed by atoms with van der Waals surface area (Å²) in [6.07, 6.45) is 5.50. The molecule has 2 aliphatic heterocycles. The van der Waals surface area contributed by atoms with E-state index in [9.17, 15) is 24.3 Å². The van der Waals surface area contributed by atoms with Gasteiger partial charge in [0.15, 0.2) is 12.1 Å². The number of hydrogen-bond donors (Lipinski definition) is 1. The second kappa shape index (κ2) is 21.1. The van der Waals surface area contributed by atoms with Crippen LogP contribution in [0.5, 0.6) is 0 Å². The summed E-state index contributed by atoms with van der Waals surface area (Å²) in [5, 5.41) is 12.9. The molecule has 2 aliphatic rings. The smallest absolute Gasteiger partial charge is 0.309 e. The summed E-state index contributed by atoms with van der Waals surface area (Å²) in [4.78, 5) is 57.3. The van der Waals surface area contributed by atoms with Gasteiger partial charge in [-0.05, 0) is 76.6 Å². The van der Waals surface area contributed by atoms with Crippen LogP contribution in [0.1, 0.15) is 58.9 Å². The van der Waals surface area contributed by atoms with Crippen LogP contribution >= 0.6 is 0 Å². The fourth-order valence-corrected chi connectivity index (χ4v) is 7.22. The van der Waals surface area contributed by atoms with Crippen molar-refractivity contribution in [2.24, 2.45) is 11.8 Å². The van der Waals surface area contributed by atoms with E-state index >= 15 is 0 Å². The molecule has 0 spiro atoms. The van der Waals surface area contributed by atoms with Crippen molar-refractivity contribution in [3.05, 3.63) is 78.7 Å². The van der Waals surface area contributed by atoms with Crippen molar-refractivity contribution in [3.63, 3.8) is 0 Å². The first-order valence-corrected chi connectivity index (χ1v) is 18.8. The van der Waals surface area contributed by atoms with Gasteiger partial charge in [-0.3, -0.25) is 19.4 Å². The van der Waals surface area contributed by atoms with Crippen LogP contribution in [-0.2, 0) is 54.0 Å². The van der Waals surface area contributed by atoms with Crippen LogP contribution in [0.2, 0.25) is 0 Å². The maximum Gasteiger partial charge on any atom is 0.309 e. The number of fused-ring (bicyclic) bond motifs is 1. The summed E-state index contributed by atoms with van der Waals surface area (Å²) in [5.41, 5.74) is 1.92. The summed E-state index contributed by atoms with van der Waals surface area (Å²) in [5.74, 6) is -2.73. The van der Waals surface area contributed by atoms with Gasteiger partial charge in [0.25, 0.3) is 0 Å². The number of cyclic esters (lactones) is 1. The zero-order chi connectivity index (χ0) is 40.1. The van der Waals surface area contributed by atoms with Crippen LogP contribution in [0.15, 0.2) is 73.2 Å². The Balaban J connectivity index is 1.62. The summed E-state index contributed by atoms with van der Waals surface area (Å²) in [7, 11) is 4.99. The van der Waals surface area contributed by atoms with Gasteiger partial charge in [-0.2, -0.15) is 0 Å². The number of ether oxygens (including phenoxy) is 6. The number of likely N-dealkylation sites (N-methyl/N-ethyl adjacent to an activating group) is 1. The number of allylic oxidation sites excluding steroid dienone is 4. The van der Waals surface area contributed by atoms with Crippen molar-refractivity contribution in [2.75, 3.05) is 21.2 Å². The highest BCUT2D eigenvalue weighted by atomic mass is 16.7. The Morgan fingerprint density at radius 3 is 2.56 bits per heavy atom. The van der Waals surface area contributed by atoms with Gasteiger partial charge in [-0.15, -0.1) is 0 Å². The monoisotopic (exact) mass is 764 g/mol. The number of esters is 2. The molecule has 300 valence electrons. The molecule has 4 rings (SSSR count). The lowest BCUT2D eigenvalue weighted by Gasteiger charge is -2.47. The summed E-state index contributed by atoms with van der Waals surface area (Å²) < 4.78 is 36.4. The Kier molecular flexibility index (Phi) is 16.7. The molecule has 2 aromatic rings. The second-order valence-electron chi connectivity index (χ2n) is 14.5. The molecular formula is C42H56N2O11. The quantitative estimate of drug-likeness (QED) is 0.191. The third-order valence-corrected chi connectivity index (χ3v) is 9.96. The van der Waals surface area contributed by atoms with Crippen LogP contribution in [-0.4, -0.2) is 115 Å². The van der Waals surface area contributed by atoms with Gasteiger partial charge in [0.1, 0.15) is 36.8 Å². The van der Waals surface area contributed by atoms with E-state index in [0.717, 1.165) is 16.5 Å². The van der Waals surface area contributed by atoms with E-state index in [4.69, 9.17) is 28.4 Å². The molecule has 55 heavy (non-hydrogen) atoms.